The van der Waals surface area contributed by atoms with E-state index >= 15 is 0 Å². The number of thioether (sulfide) groups is 1. The fourth-order valence-corrected chi connectivity index (χ4v) is 3.79. The van der Waals surface area contributed by atoms with Gasteiger partial charge in [-0.3, -0.25) is 14.9 Å². The molecule has 2 heterocycles. The first-order valence-corrected chi connectivity index (χ1v) is 9.53. The van der Waals surface area contributed by atoms with Gasteiger partial charge < -0.3 is 10.3 Å². The van der Waals surface area contributed by atoms with E-state index in [1.54, 1.807) is 0 Å². The van der Waals surface area contributed by atoms with Gasteiger partial charge in [-0.1, -0.05) is 6.92 Å². The zero-order valence-electron chi connectivity index (χ0n) is 13.8. The summed E-state index contributed by atoms with van der Waals surface area (Å²) in [4.78, 5) is 44.1. The van der Waals surface area contributed by atoms with Crippen molar-refractivity contribution in [1.29, 1.82) is 0 Å². The summed E-state index contributed by atoms with van der Waals surface area (Å²) >= 11 is 2.78. The summed E-state index contributed by atoms with van der Waals surface area (Å²) in [5.74, 6) is 0.663. The molecule has 3 N–H and O–H groups in total. The molecule has 7 nitrogen and oxygen atoms in total. The molecule has 0 fully saturated rings. The van der Waals surface area contributed by atoms with E-state index < -0.39 is 6.03 Å². The molecule has 0 aliphatic rings. The van der Waals surface area contributed by atoms with E-state index in [0.717, 1.165) is 16.9 Å². The highest BCUT2D eigenvalue weighted by molar-refractivity contribution is 7.99. The van der Waals surface area contributed by atoms with Crippen LogP contribution >= 0.6 is 23.1 Å². The highest BCUT2D eigenvalue weighted by Crippen LogP contribution is 2.26. The number of nitrogens with one attached hydrogen (secondary N) is 3. The molecular formula is C15H20N4O3S2. The van der Waals surface area contributed by atoms with Crippen LogP contribution in [0.15, 0.2) is 4.79 Å². The Bertz CT molecular complexity index is 813. The van der Waals surface area contributed by atoms with Crippen molar-refractivity contribution in [2.45, 2.75) is 32.9 Å². The molecule has 0 aliphatic heterocycles. The van der Waals surface area contributed by atoms with Gasteiger partial charge in [-0.15, -0.1) is 23.1 Å². The number of carbonyl (C=O) groups is 2. The number of hydrogen-bond acceptors (Lipinski definition) is 6. The van der Waals surface area contributed by atoms with Gasteiger partial charge in [-0.05, 0) is 25.8 Å². The summed E-state index contributed by atoms with van der Waals surface area (Å²) in [6, 6.07) is -0.486. The average molecular weight is 368 g/mol. The first-order valence-electron chi connectivity index (χ1n) is 7.56. The van der Waals surface area contributed by atoms with Crippen LogP contribution < -0.4 is 16.2 Å². The minimum absolute atomic E-state index is 0.115. The van der Waals surface area contributed by atoms with E-state index in [9.17, 15) is 14.4 Å². The van der Waals surface area contributed by atoms with Crippen molar-refractivity contribution in [2.24, 2.45) is 0 Å². The maximum atomic E-state index is 12.1. The second-order valence-electron chi connectivity index (χ2n) is 5.27. The number of imide groups is 1. The molecule has 24 heavy (non-hydrogen) atoms. The zero-order chi connectivity index (χ0) is 17.7. The van der Waals surface area contributed by atoms with E-state index in [-0.39, 0.29) is 17.2 Å². The second kappa shape index (κ2) is 8.29. The number of nitrogens with zero attached hydrogens (tertiary/aromatic N) is 1. The fourth-order valence-electron chi connectivity index (χ4n) is 2.05. The van der Waals surface area contributed by atoms with Gasteiger partial charge >= 0.3 is 6.03 Å². The third-order valence-corrected chi connectivity index (χ3v) is 5.39. The van der Waals surface area contributed by atoms with Crippen LogP contribution in [0.1, 0.15) is 29.6 Å². The van der Waals surface area contributed by atoms with Crippen LogP contribution in [0.2, 0.25) is 0 Å². The number of aromatic amines is 1. The number of thiophene rings is 1. The molecule has 0 aliphatic carbocycles. The number of aryl methyl sites for hydroxylation is 2. The van der Waals surface area contributed by atoms with Crippen molar-refractivity contribution in [1.82, 2.24) is 20.6 Å². The van der Waals surface area contributed by atoms with Crippen molar-refractivity contribution in [3.05, 3.63) is 26.6 Å². The largest absolute Gasteiger partial charge is 0.338 e. The Morgan fingerprint density at radius 3 is 2.79 bits per heavy atom. The van der Waals surface area contributed by atoms with E-state index in [1.807, 2.05) is 20.8 Å². The van der Waals surface area contributed by atoms with Gasteiger partial charge in [-0.2, -0.15) is 0 Å². The van der Waals surface area contributed by atoms with Gasteiger partial charge in [0.05, 0.1) is 16.9 Å². The van der Waals surface area contributed by atoms with Crippen LogP contribution in [0.25, 0.3) is 10.2 Å². The van der Waals surface area contributed by atoms with Crippen LogP contribution in [0, 0.1) is 13.8 Å². The molecule has 0 bridgehead atoms. The Morgan fingerprint density at radius 1 is 1.33 bits per heavy atom. The zero-order valence-corrected chi connectivity index (χ0v) is 15.4. The minimum Gasteiger partial charge on any atom is -0.338 e. The molecule has 0 radical (unpaired) electrons. The summed E-state index contributed by atoms with van der Waals surface area (Å²) in [7, 11) is 0. The lowest BCUT2D eigenvalue weighted by Gasteiger charge is -2.05. The molecule has 2 rings (SSSR count). The Morgan fingerprint density at radius 2 is 2.08 bits per heavy atom. The number of carbonyl (C=O) groups excluding carboxylic acids is 2. The standard InChI is InChI=1S/C15H20N4O3S2/c1-4-5-16-15(22)19-11(20)7-23-6-10-17-13(21)12-8(2)9(3)24-14(12)18-10/h4-7H2,1-3H3,(H,17,18,21)(H2,16,19,20,22). The van der Waals surface area contributed by atoms with Crippen molar-refractivity contribution < 1.29 is 9.59 Å². The predicted molar refractivity (Wildman–Crippen MR) is 97.7 cm³/mol. The Balaban J connectivity index is 1.91. The number of H-pyrrole nitrogens is 1. The summed E-state index contributed by atoms with van der Waals surface area (Å²) < 4.78 is 0. The number of fused-ring (bicyclic) bond motifs is 1. The fraction of sp³-hybridized carbons (Fsp3) is 0.467. The number of rotatable bonds is 6. The molecule has 2 aromatic rings. The van der Waals surface area contributed by atoms with Gasteiger partial charge in [0.25, 0.3) is 5.56 Å². The van der Waals surface area contributed by atoms with E-state index in [4.69, 9.17) is 0 Å². The lowest BCUT2D eigenvalue weighted by atomic mass is 10.2. The maximum absolute atomic E-state index is 12.1. The first kappa shape index (κ1) is 18.5. The molecule has 130 valence electrons. The number of hydrogen-bond donors (Lipinski definition) is 3. The van der Waals surface area contributed by atoms with Crippen molar-refractivity contribution in [2.75, 3.05) is 12.3 Å². The van der Waals surface area contributed by atoms with Gasteiger partial charge in [0.1, 0.15) is 10.7 Å². The van der Waals surface area contributed by atoms with Gasteiger partial charge in [0.2, 0.25) is 5.91 Å². The van der Waals surface area contributed by atoms with Crippen LogP contribution in [-0.2, 0) is 10.5 Å². The van der Waals surface area contributed by atoms with Crippen molar-refractivity contribution in [3.8, 4) is 0 Å². The molecule has 0 unspecified atom stereocenters. The topological polar surface area (TPSA) is 104 Å². The van der Waals surface area contributed by atoms with Gasteiger partial charge in [-0.25, -0.2) is 9.78 Å². The molecule has 0 atom stereocenters. The molecule has 0 saturated heterocycles. The van der Waals surface area contributed by atoms with Gasteiger partial charge in [0, 0.05) is 11.4 Å². The average Bonchev–Trinajstić information content (AvgIpc) is 2.80. The van der Waals surface area contributed by atoms with Gasteiger partial charge in [0.15, 0.2) is 0 Å². The number of amides is 3. The van der Waals surface area contributed by atoms with Crippen LogP contribution in [0.4, 0.5) is 4.79 Å². The molecule has 9 heteroatoms. The third-order valence-electron chi connectivity index (χ3n) is 3.35. The number of urea groups is 1. The molecule has 0 aromatic carbocycles. The lowest BCUT2D eigenvalue weighted by molar-refractivity contribution is -0.117. The Kier molecular flexibility index (Phi) is 6.38. The van der Waals surface area contributed by atoms with E-state index in [0.29, 0.717) is 28.3 Å². The van der Waals surface area contributed by atoms with E-state index in [1.165, 1.54) is 23.1 Å². The predicted octanol–water partition coefficient (Wildman–Crippen LogP) is 2.07. The van der Waals surface area contributed by atoms with Crippen molar-refractivity contribution in [3.63, 3.8) is 0 Å². The normalized spacial score (nSPS) is 10.8. The number of aromatic nitrogens is 2. The van der Waals surface area contributed by atoms with Crippen molar-refractivity contribution >= 4 is 45.3 Å². The van der Waals surface area contributed by atoms with Crippen LogP contribution in [0.3, 0.4) is 0 Å². The first-order chi connectivity index (χ1) is 11.4. The monoisotopic (exact) mass is 368 g/mol. The third kappa shape index (κ3) is 4.57. The Hall–Kier alpha value is -1.87. The lowest BCUT2D eigenvalue weighted by Crippen LogP contribution is -2.40. The Labute approximate surface area is 147 Å². The van der Waals surface area contributed by atoms with E-state index in [2.05, 4.69) is 20.6 Å². The smallest absolute Gasteiger partial charge is 0.321 e. The molecular weight excluding hydrogens is 348 g/mol. The second-order valence-corrected chi connectivity index (χ2v) is 7.46. The van der Waals surface area contributed by atoms with Crippen LogP contribution in [0.5, 0.6) is 0 Å². The summed E-state index contributed by atoms with van der Waals surface area (Å²) in [5.41, 5.74) is 0.807. The maximum Gasteiger partial charge on any atom is 0.321 e. The SMILES string of the molecule is CCCNC(=O)NC(=O)CSCc1nc2sc(C)c(C)c2c(=O)[nH]1. The highest BCUT2D eigenvalue weighted by atomic mass is 32.2. The minimum atomic E-state index is -0.486. The molecule has 0 spiro atoms. The quantitative estimate of drug-likeness (QED) is 0.724. The summed E-state index contributed by atoms with van der Waals surface area (Å²) in [6.45, 7) is 6.33. The highest BCUT2D eigenvalue weighted by Gasteiger charge is 2.12. The van der Waals surface area contributed by atoms with Crippen LogP contribution in [-0.4, -0.2) is 34.2 Å². The molecule has 3 amide bonds. The summed E-state index contributed by atoms with van der Waals surface area (Å²) in [5, 5.41) is 5.46. The summed E-state index contributed by atoms with van der Waals surface area (Å²) in [6.07, 6.45) is 0.805. The molecule has 0 saturated carbocycles. The molecule has 2 aromatic heterocycles.